The molecule has 0 amide bonds. The van der Waals surface area contributed by atoms with Crippen LogP contribution in [-0.4, -0.2) is 33.5 Å². The maximum absolute atomic E-state index is 5.92. The molecule has 20 heavy (non-hydrogen) atoms. The number of hydrazine groups is 1. The minimum absolute atomic E-state index is 0.0600. The Bertz CT molecular complexity index is 421. The minimum atomic E-state index is -0.197. The van der Waals surface area contributed by atoms with Crippen LogP contribution in [0.15, 0.2) is 6.33 Å². The molecule has 3 N–H and O–H groups in total. The first-order valence-electron chi connectivity index (χ1n) is 7.53. The van der Waals surface area contributed by atoms with E-state index in [1.165, 1.54) is 12.8 Å². The van der Waals surface area contributed by atoms with Crippen LogP contribution in [0.2, 0.25) is 0 Å². The fraction of sp³-hybridized carbons (Fsp3) is 0.857. The Labute approximate surface area is 121 Å². The second-order valence-electron chi connectivity index (χ2n) is 5.89. The van der Waals surface area contributed by atoms with E-state index in [2.05, 4.69) is 29.4 Å². The summed E-state index contributed by atoms with van der Waals surface area (Å²) in [5.74, 6) is 7.46. The van der Waals surface area contributed by atoms with E-state index in [1.807, 2.05) is 4.68 Å². The molecule has 2 rings (SSSR count). The van der Waals surface area contributed by atoms with E-state index in [9.17, 15) is 0 Å². The van der Waals surface area contributed by atoms with Gasteiger partial charge >= 0.3 is 0 Å². The number of nitrogens with zero attached hydrogens (tertiary/aromatic N) is 3. The van der Waals surface area contributed by atoms with E-state index < -0.39 is 0 Å². The summed E-state index contributed by atoms with van der Waals surface area (Å²) in [5.41, 5.74) is 2.77. The van der Waals surface area contributed by atoms with Gasteiger partial charge in [0.2, 0.25) is 0 Å². The standard InChI is InChI=1S/C14H27N5O/c1-4-19-13(16-10-17-19)8-12(18-15)14(20-3)7-5-6-11(2)9-14/h10-12,18H,4-9,15H2,1-3H3. The van der Waals surface area contributed by atoms with Crippen molar-refractivity contribution in [3.05, 3.63) is 12.2 Å². The molecule has 6 nitrogen and oxygen atoms in total. The van der Waals surface area contributed by atoms with Gasteiger partial charge in [0, 0.05) is 20.1 Å². The molecule has 0 spiro atoms. The van der Waals surface area contributed by atoms with Crippen molar-refractivity contribution in [2.75, 3.05) is 7.11 Å². The molecule has 3 atom stereocenters. The number of hydrogen-bond donors (Lipinski definition) is 2. The van der Waals surface area contributed by atoms with Crippen molar-refractivity contribution in [2.45, 2.75) is 64.1 Å². The van der Waals surface area contributed by atoms with Crippen LogP contribution in [0.25, 0.3) is 0 Å². The van der Waals surface area contributed by atoms with Crippen LogP contribution in [-0.2, 0) is 17.7 Å². The summed E-state index contributed by atoms with van der Waals surface area (Å²) in [7, 11) is 1.80. The Morgan fingerprint density at radius 3 is 3.05 bits per heavy atom. The highest BCUT2D eigenvalue weighted by Gasteiger charge is 2.42. The minimum Gasteiger partial charge on any atom is -0.377 e. The Kier molecular flexibility index (Phi) is 5.12. The van der Waals surface area contributed by atoms with Crippen molar-refractivity contribution in [1.82, 2.24) is 20.2 Å². The third-order valence-electron chi connectivity index (χ3n) is 4.62. The number of ether oxygens (including phenoxy) is 1. The lowest BCUT2D eigenvalue weighted by molar-refractivity contribution is -0.0796. The molecule has 0 radical (unpaired) electrons. The quantitative estimate of drug-likeness (QED) is 0.606. The molecule has 1 aliphatic rings. The van der Waals surface area contributed by atoms with Crippen molar-refractivity contribution in [2.24, 2.45) is 11.8 Å². The summed E-state index contributed by atoms with van der Waals surface area (Å²) in [5, 5.41) is 4.23. The number of methoxy groups -OCH3 is 1. The second kappa shape index (κ2) is 6.65. The number of nitrogens with one attached hydrogen (secondary N) is 1. The summed E-state index contributed by atoms with van der Waals surface area (Å²) < 4.78 is 7.84. The Morgan fingerprint density at radius 1 is 1.65 bits per heavy atom. The number of rotatable bonds is 6. The van der Waals surface area contributed by atoms with E-state index in [-0.39, 0.29) is 11.6 Å². The van der Waals surface area contributed by atoms with E-state index in [4.69, 9.17) is 10.6 Å². The summed E-state index contributed by atoms with van der Waals surface area (Å²) in [6, 6.07) is 0.0600. The summed E-state index contributed by atoms with van der Waals surface area (Å²) in [4.78, 5) is 4.35. The number of nitrogens with two attached hydrogens (primary N) is 1. The third-order valence-corrected chi connectivity index (χ3v) is 4.62. The highest BCUT2D eigenvalue weighted by atomic mass is 16.5. The lowest BCUT2D eigenvalue weighted by Crippen LogP contribution is -2.57. The van der Waals surface area contributed by atoms with Gasteiger partial charge in [0.05, 0.1) is 11.6 Å². The van der Waals surface area contributed by atoms with Gasteiger partial charge in [-0.15, -0.1) is 0 Å². The molecule has 3 unspecified atom stereocenters. The molecule has 1 aromatic heterocycles. The number of aryl methyl sites for hydroxylation is 1. The van der Waals surface area contributed by atoms with Gasteiger partial charge in [0.15, 0.2) is 0 Å². The molecule has 0 aliphatic heterocycles. The van der Waals surface area contributed by atoms with Crippen LogP contribution in [0.3, 0.4) is 0 Å². The molecule has 1 aromatic rings. The predicted octanol–water partition coefficient (Wildman–Crippen LogP) is 1.27. The summed E-state index contributed by atoms with van der Waals surface area (Å²) in [6.45, 7) is 5.18. The molecular weight excluding hydrogens is 254 g/mol. The van der Waals surface area contributed by atoms with E-state index >= 15 is 0 Å². The second-order valence-corrected chi connectivity index (χ2v) is 5.89. The van der Waals surface area contributed by atoms with Gasteiger partial charge < -0.3 is 4.74 Å². The van der Waals surface area contributed by atoms with Gasteiger partial charge in [-0.05, 0) is 25.7 Å². The zero-order valence-electron chi connectivity index (χ0n) is 12.8. The van der Waals surface area contributed by atoms with Gasteiger partial charge in [0.25, 0.3) is 0 Å². The first-order chi connectivity index (χ1) is 9.65. The molecule has 114 valence electrons. The normalized spacial score (nSPS) is 28.5. The number of aromatic nitrogens is 3. The van der Waals surface area contributed by atoms with E-state index in [0.29, 0.717) is 5.92 Å². The van der Waals surface area contributed by atoms with Crippen molar-refractivity contribution >= 4 is 0 Å². The molecule has 0 saturated heterocycles. The van der Waals surface area contributed by atoms with Crippen molar-refractivity contribution in [3.63, 3.8) is 0 Å². The SMILES string of the molecule is CCn1ncnc1CC(NN)C1(OC)CCCC(C)C1. The smallest absolute Gasteiger partial charge is 0.138 e. The molecule has 0 aromatic carbocycles. The highest BCUT2D eigenvalue weighted by molar-refractivity contribution is 5.01. The van der Waals surface area contributed by atoms with Crippen LogP contribution in [0.1, 0.15) is 45.4 Å². The molecule has 6 heteroatoms. The van der Waals surface area contributed by atoms with Crippen molar-refractivity contribution < 1.29 is 4.74 Å². The summed E-state index contributed by atoms with van der Waals surface area (Å²) >= 11 is 0. The van der Waals surface area contributed by atoms with E-state index in [1.54, 1.807) is 13.4 Å². The van der Waals surface area contributed by atoms with Gasteiger partial charge in [-0.1, -0.05) is 19.8 Å². The zero-order valence-corrected chi connectivity index (χ0v) is 12.8. The van der Waals surface area contributed by atoms with Crippen LogP contribution in [0.4, 0.5) is 0 Å². The van der Waals surface area contributed by atoms with Crippen LogP contribution < -0.4 is 11.3 Å². The van der Waals surface area contributed by atoms with Gasteiger partial charge in [0.1, 0.15) is 12.2 Å². The molecular formula is C14H27N5O. The third kappa shape index (κ3) is 3.02. The largest absolute Gasteiger partial charge is 0.377 e. The fourth-order valence-electron chi connectivity index (χ4n) is 3.48. The van der Waals surface area contributed by atoms with Crippen LogP contribution in [0.5, 0.6) is 0 Å². The maximum Gasteiger partial charge on any atom is 0.138 e. The van der Waals surface area contributed by atoms with Crippen LogP contribution >= 0.6 is 0 Å². The first-order valence-corrected chi connectivity index (χ1v) is 7.53. The molecule has 1 aliphatic carbocycles. The topological polar surface area (TPSA) is 78.0 Å². The zero-order chi connectivity index (χ0) is 14.6. The Hall–Kier alpha value is -0.980. The van der Waals surface area contributed by atoms with Crippen molar-refractivity contribution in [3.8, 4) is 0 Å². The predicted molar refractivity (Wildman–Crippen MR) is 77.9 cm³/mol. The average Bonchev–Trinajstić information content (AvgIpc) is 2.91. The average molecular weight is 281 g/mol. The molecule has 1 fully saturated rings. The Balaban J connectivity index is 2.17. The maximum atomic E-state index is 5.92. The monoisotopic (exact) mass is 281 g/mol. The van der Waals surface area contributed by atoms with Gasteiger partial charge in [-0.2, -0.15) is 5.10 Å². The number of hydrogen-bond acceptors (Lipinski definition) is 5. The molecule has 1 saturated carbocycles. The van der Waals surface area contributed by atoms with Crippen molar-refractivity contribution in [1.29, 1.82) is 0 Å². The lowest BCUT2D eigenvalue weighted by atomic mass is 9.74. The first kappa shape index (κ1) is 15.4. The molecule has 1 heterocycles. The van der Waals surface area contributed by atoms with E-state index in [0.717, 1.165) is 31.6 Å². The fourth-order valence-corrected chi connectivity index (χ4v) is 3.48. The van der Waals surface area contributed by atoms with Crippen LogP contribution in [0, 0.1) is 5.92 Å². The Morgan fingerprint density at radius 2 is 2.45 bits per heavy atom. The lowest BCUT2D eigenvalue weighted by Gasteiger charge is -2.44. The van der Waals surface area contributed by atoms with Gasteiger partial charge in [-0.3, -0.25) is 16.0 Å². The highest BCUT2D eigenvalue weighted by Crippen LogP contribution is 2.37. The molecule has 0 bridgehead atoms. The van der Waals surface area contributed by atoms with Gasteiger partial charge in [-0.25, -0.2) is 4.98 Å². The summed E-state index contributed by atoms with van der Waals surface area (Å²) in [6.07, 6.45) is 6.89.